The molecule has 3 atom stereocenters. The van der Waals surface area contributed by atoms with Crippen molar-refractivity contribution < 1.29 is 5.11 Å². The van der Waals surface area contributed by atoms with Gasteiger partial charge in [0.15, 0.2) is 0 Å². The molecule has 3 unspecified atom stereocenters. The van der Waals surface area contributed by atoms with Crippen LogP contribution in [0.4, 0.5) is 0 Å². The van der Waals surface area contributed by atoms with Crippen molar-refractivity contribution in [2.45, 2.75) is 116 Å². The third-order valence-corrected chi connectivity index (χ3v) is 5.24. The molecule has 3 heteroatoms. The number of rotatable bonds is 16. The second-order valence-corrected chi connectivity index (χ2v) is 7.67. The van der Waals surface area contributed by atoms with E-state index < -0.39 is 0 Å². The zero-order valence-electron chi connectivity index (χ0n) is 16.2. The van der Waals surface area contributed by atoms with Crippen LogP contribution < -0.4 is 0 Å². The molecule has 0 aromatic heterocycles. The summed E-state index contributed by atoms with van der Waals surface area (Å²) >= 11 is 6.59. The Hall–Kier alpha value is 0.210. The first-order valence-electron chi connectivity index (χ1n) is 10.1. The van der Waals surface area contributed by atoms with Crippen molar-refractivity contribution >= 4 is 11.6 Å². The molecule has 0 saturated carbocycles. The molecule has 0 saturated heterocycles. The maximum absolute atomic E-state index is 9.74. The summed E-state index contributed by atoms with van der Waals surface area (Å²) in [6, 6.07) is 0.418. The van der Waals surface area contributed by atoms with Crippen LogP contribution in [0.2, 0.25) is 0 Å². The van der Waals surface area contributed by atoms with Gasteiger partial charge in [-0.05, 0) is 39.3 Å². The number of unbranched alkanes of at least 4 members (excludes halogenated alkanes) is 7. The van der Waals surface area contributed by atoms with Crippen molar-refractivity contribution in [2.75, 3.05) is 13.1 Å². The maximum atomic E-state index is 9.74. The molecule has 0 spiro atoms. The highest BCUT2D eigenvalue weighted by Gasteiger charge is 2.21. The first-order chi connectivity index (χ1) is 11.0. The summed E-state index contributed by atoms with van der Waals surface area (Å²) < 4.78 is 0. The molecule has 0 aromatic rings. The van der Waals surface area contributed by atoms with Crippen molar-refractivity contribution in [3.63, 3.8) is 0 Å². The number of halogens is 1. The van der Waals surface area contributed by atoms with E-state index in [4.69, 9.17) is 11.6 Å². The highest BCUT2D eigenvalue weighted by atomic mass is 35.5. The zero-order chi connectivity index (χ0) is 17.5. The number of hydrogen-bond donors (Lipinski definition) is 1. The predicted octanol–water partition coefficient (Wildman–Crippen LogP) is 6.00. The van der Waals surface area contributed by atoms with E-state index in [1.807, 2.05) is 6.92 Å². The molecule has 0 aromatic carbocycles. The van der Waals surface area contributed by atoms with Crippen LogP contribution in [0.15, 0.2) is 0 Å². The van der Waals surface area contributed by atoms with Crippen LogP contribution >= 0.6 is 11.6 Å². The van der Waals surface area contributed by atoms with Gasteiger partial charge in [-0.1, -0.05) is 72.1 Å². The number of nitrogens with zero attached hydrogens (tertiary/aromatic N) is 1. The standard InChI is InChI=1S/C20H42ClNO/c1-5-8-9-10-11-12-13-14-15-19(21)17-20(16-18(4)23)22(6-2)7-3/h18-20,23H,5-17H2,1-4H3. The molecule has 2 nitrogen and oxygen atoms in total. The van der Waals surface area contributed by atoms with E-state index in [-0.39, 0.29) is 11.5 Å². The monoisotopic (exact) mass is 347 g/mol. The minimum atomic E-state index is -0.243. The van der Waals surface area contributed by atoms with Gasteiger partial charge in [-0.3, -0.25) is 0 Å². The largest absolute Gasteiger partial charge is 0.393 e. The van der Waals surface area contributed by atoms with Gasteiger partial charge in [0.2, 0.25) is 0 Å². The van der Waals surface area contributed by atoms with Crippen LogP contribution in [0, 0.1) is 0 Å². The van der Waals surface area contributed by atoms with Crippen molar-refractivity contribution in [3.05, 3.63) is 0 Å². The molecule has 0 heterocycles. The molecular weight excluding hydrogens is 306 g/mol. The van der Waals surface area contributed by atoms with E-state index in [1.54, 1.807) is 0 Å². The molecule has 140 valence electrons. The molecule has 0 fully saturated rings. The summed E-state index contributed by atoms with van der Waals surface area (Å²) in [5.74, 6) is 0. The molecule has 0 bridgehead atoms. The lowest BCUT2D eigenvalue weighted by molar-refractivity contribution is 0.112. The summed E-state index contributed by atoms with van der Waals surface area (Å²) in [6.07, 6.45) is 13.6. The van der Waals surface area contributed by atoms with E-state index in [2.05, 4.69) is 25.7 Å². The Labute approximate surface area is 151 Å². The van der Waals surface area contributed by atoms with Gasteiger partial charge >= 0.3 is 0 Å². The average Bonchev–Trinajstić information content (AvgIpc) is 2.50. The minimum Gasteiger partial charge on any atom is -0.393 e. The summed E-state index contributed by atoms with van der Waals surface area (Å²) in [5, 5.41) is 9.99. The Morgan fingerprint density at radius 1 is 0.826 bits per heavy atom. The molecule has 0 aliphatic heterocycles. The molecule has 23 heavy (non-hydrogen) atoms. The molecule has 0 aliphatic rings. The zero-order valence-corrected chi connectivity index (χ0v) is 17.0. The van der Waals surface area contributed by atoms with Gasteiger partial charge in [0.1, 0.15) is 0 Å². The van der Waals surface area contributed by atoms with Crippen LogP contribution in [0.5, 0.6) is 0 Å². The van der Waals surface area contributed by atoms with E-state index in [1.165, 1.54) is 51.4 Å². The Bertz CT molecular complexity index is 244. The van der Waals surface area contributed by atoms with E-state index >= 15 is 0 Å². The van der Waals surface area contributed by atoms with Gasteiger partial charge in [0, 0.05) is 11.4 Å². The molecule has 1 N–H and O–H groups in total. The molecule has 0 aliphatic carbocycles. The van der Waals surface area contributed by atoms with E-state index in [0.29, 0.717) is 6.04 Å². The second-order valence-electron chi connectivity index (χ2n) is 7.06. The fraction of sp³-hybridized carbons (Fsp3) is 1.00. The topological polar surface area (TPSA) is 23.5 Å². The smallest absolute Gasteiger partial charge is 0.0527 e. The molecule has 0 radical (unpaired) electrons. The summed E-state index contributed by atoms with van der Waals surface area (Å²) in [5.41, 5.74) is 0. The van der Waals surface area contributed by atoms with Crippen LogP contribution in [0.3, 0.4) is 0 Å². The highest BCUT2D eigenvalue weighted by molar-refractivity contribution is 6.20. The third kappa shape index (κ3) is 13.2. The highest BCUT2D eigenvalue weighted by Crippen LogP contribution is 2.21. The van der Waals surface area contributed by atoms with Gasteiger partial charge in [0.05, 0.1) is 6.10 Å². The van der Waals surface area contributed by atoms with Crippen LogP contribution in [0.25, 0.3) is 0 Å². The Balaban J connectivity index is 3.87. The predicted molar refractivity (Wildman–Crippen MR) is 104 cm³/mol. The SMILES string of the molecule is CCCCCCCCCCC(Cl)CC(CC(C)O)N(CC)CC. The average molecular weight is 348 g/mol. The van der Waals surface area contributed by atoms with Gasteiger partial charge < -0.3 is 10.0 Å². The van der Waals surface area contributed by atoms with Crippen LogP contribution in [-0.2, 0) is 0 Å². The minimum absolute atomic E-state index is 0.243. The number of aliphatic hydroxyl groups is 1. The van der Waals surface area contributed by atoms with Crippen LogP contribution in [0.1, 0.15) is 98.3 Å². The van der Waals surface area contributed by atoms with Gasteiger partial charge in [-0.15, -0.1) is 11.6 Å². The lowest BCUT2D eigenvalue weighted by atomic mass is 9.99. The Morgan fingerprint density at radius 3 is 1.83 bits per heavy atom. The normalized spacial score (nSPS) is 15.8. The number of hydrogen-bond acceptors (Lipinski definition) is 2. The molecule has 0 rings (SSSR count). The first-order valence-corrected chi connectivity index (χ1v) is 10.5. The summed E-state index contributed by atoms with van der Waals surface area (Å²) in [7, 11) is 0. The Morgan fingerprint density at radius 2 is 1.35 bits per heavy atom. The molecular formula is C20H42ClNO. The van der Waals surface area contributed by atoms with E-state index in [0.717, 1.165) is 32.4 Å². The fourth-order valence-corrected chi connectivity index (χ4v) is 3.80. The fourth-order valence-electron chi connectivity index (χ4n) is 3.44. The lowest BCUT2D eigenvalue weighted by Crippen LogP contribution is -2.38. The lowest BCUT2D eigenvalue weighted by Gasteiger charge is -2.32. The number of alkyl halides is 1. The van der Waals surface area contributed by atoms with E-state index in [9.17, 15) is 5.11 Å². The first kappa shape index (κ1) is 23.2. The summed E-state index contributed by atoms with van der Waals surface area (Å²) in [6.45, 7) is 10.6. The second kappa shape index (κ2) is 15.7. The van der Waals surface area contributed by atoms with Gasteiger partial charge in [-0.2, -0.15) is 0 Å². The third-order valence-electron chi connectivity index (χ3n) is 4.84. The summed E-state index contributed by atoms with van der Waals surface area (Å²) in [4.78, 5) is 2.44. The van der Waals surface area contributed by atoms with Crippen molar-refractivity contribution in [3.8, 4) is 0 Å². The quantitative estimate of drug-likeness (QED) is 0.273. The Kier molecular flexibility index (Phi) is 15.9. The van der Waals surface area contributed by atoms with Crippen molar-refractivity contribution in [1.29, 1.82) is 0 Å². The van der Waals surface area contributed by atoms with Crippen LogP contribution in [-0.4, -0.2) is 40.6 Å². The molecule has 0 amide bonds. The van der Waals surface area contributed by atoms with Crippen molar-refractivity contribution in [1.82, 2.24) is 4.90 Å². The van der Waals surface area contributed by atoms with Gasteiger partial charge in [0.25, 0.3) is 0 Å². The van der Waals surface area contributed by atoms with Crippen molar-refractivity contribution in [2.24, 2.45) is 0 Å². The maximum Gasteiger partial charge on any atom is 0.0527 e. The number of aliphatic hydroxyl groups excluding tert-OH is 1. The van der Waals surface area contributed by atoms with Gasteiger partial charge in [-0.25, -0.2) is 0 Å².